The van der Waals surface area contributed by atoms with Crippen LogP contribution in [0, 0.1) is 0 Å². The summed E-state index contributed by atoms with van der Waals surface area (Å²) in [5, 5.41) is 3.20. The van der Waals surface area contributed by atoms with Crippen LogP contribution in [0.15, 0.2) is 66.9 Å². The molecule has 0 saturated heterocycles. The van der Waals surface area contributed by atoms with E-state index >= 15 is 0 Å². The second kappa shape index (κ2) is 12.0. The lowest BCUT2D eigenvalue weighted by atomic mass is 9.97. The van der Waals surface area contributed by atoms with Crippen LogP contribution in [-0.2, 0) is 14.3 Å². The van der Waals surface area contributed by atoms with Crippen molar-refractivity contribution in [3.8, 4) is 5.69 Å². The molecule has 4 rings (SSSR count). The van der Waals surface area contributed by atoms with Crippen molar-refractivity contribution >= 4 is 35.2 Å². The fourth-order valence-electron chi connectivity index (χ4n) is 4.53. The highest BCUT2D eigenvalue weighted by Crippen LogP contribution is 2.42. The highest BCUT2D eigenvalue weighted by atomic mass is 35.5. The topological polar surface area (TPSA) is 83.9 Å². The van der Waals surface area contributed by atoms with Gasteiger partial charge in [-0.15, -0.1) is 0 Å². The molecule has 194 valence electrons. The average Bonchev–Trinajstić information content (AvgIpc) is 3.39. The van der Waals surface area contributed by atoms with Crippen molar-refractivity contribution in [3.05, 3.63) is 83.1 Å². The van der Waals surface area contributed by atoms with E-state index in [0.717, 1.165) is 35.5 Å². The molecule has 1 aliphatic rings. The van der Waals surface area contributed by atoms with Gasteiger partial charge in [-0.1, -0.05) is 49.2 Å². The number of rotatable bonds is 9. The minimum Gasteiger partial charge on any atom is -0.465 e. The van der Waals surface area contributed by atoms with Gasteiger partial charge >= 0.3 is 12.0 Å². The standard InChI is InChI=1S/C28H31ClN4O4/c1-3-5-16-31(28(36)30-18-26(35)37-4-2)19-25(34)33-23-10-7-6-9-22(23)32-17-8-11-24(32)27(33)20-12-14-21(29)15-13-20/h6-15,17,27H,3-5,16,18-19H2,1-2H3,(H,30,36). The smallest absolute Gasteiger partial charge is 0.325 e. The minimum absolute atomic E-state index is 0.145. The molecule has 3 amide bonds. The number of benzene rings is 2. The van der Waals surface area contributed by atoms with Gasteiger partial charge < -0.3 is 19.5 Å². The van der Waals surface area contributed by atoms with Gasteiger partial charge in [0, 0.05) is 17.8 Å². The lowest BCUT2D eigenvalue weighted by Crippen LogP contribution is -2.50. The summed E-state index contributed by atoms with van der Waals surface area (Å²) in [5.41, 5.74) is 3.46. The Morgan fingerprint density at radius 1 is 1.00 bits per heavy atom. The molecule has 1 aromatic heterocycles. The number of halogens is 1. The zero-order chi connectivity index (χ0) is 26.4. The quantitative estimate of drug-likeness (QED) is 0.403. The number of carbonyl (C=O) groups is 3. The zero-order valence-corrected chi connectivity index (χ0v) is 21.8. The predicted octanol–water partition coefficient (Wildman–Crippen LogP) is 4.94. The second-order valence-electron chi connectivity index (χ2n) is 8.75. The Morgan fingerprint density at radius 3 is 2.43 bits per heavy atom. The molecular weight excluding hydrogens is 492 g/mol. The molecule has 9 heteroatoms. The Bertz CT molecular complexity index is 1260. The average molecular weight is 523 g/mol. The first-order valence-electron chi connectivity index (χ1n) is 12.5. The molecule has 37 heavy (non-hydrogen) atoms. The number of aromatic nitrogens is 1. The van der Waals surface area contributed by atoms with Gasteiger partial charge in [-0.05, 0) is 55.3 Å². The molecule has 0 spiro atoms. The second-order valence-corrected chi connectivity index (χ2v) is 9.18. The van der Waals surface area contributed by atoms with E-state index in [9.17, 15) is 14.4 Å². The fourth-order valence-corrected chi connectivity index (χ4v) is 4.66. The van der Waals surface area contributed by atoms with Gasteiger partial charge in [0.1, 0.15) is 19.1 Å². The Hall–Kier alpha value is -3.78. The van der Waals surface area contributed by atoms with Crippen molar-refractivity contribution in [2.75, 3.05) is 31.1 Å². The highest BCUT2D eigenvalue weighted by Gasteiger charge is 2.37. The third kappa shape index (κ3) is 5.80. The van der Waals surface area contributed by atoms with Crippen molar-refractivity contribution in [3.63, 3.8) is 0 Å². The zero-order valence-electron chi connectivity index (χ0n) is 21.0. The summed E-state index contributed by atoms with van der Waals surface area (Å²) >= 11 is 6.16. The number of esters is 1. The van der Waals surface area contributed by atoms with E-state index in [-0.39, 0.29) is 25.6 Å². The summed E-state index contributed by atoms with van der Waals surface area (Å²) in [6.45, 7) is 3.94. The normalized spacial score (nSPS) is 13.9. The van der Waals surface area contributed by atoms with Gasteiger partial charge in [0.25, 0.3) is 0 Å². The molecule has 1 aliphatic heterocycles. The molecule has 2 aromatic carbocycles. The van der Waals surface area contributed by atoms with Crippen LogP contribution in [0.2, 0.25) is 5.02 Å². The van der Waals surface area contributed by atoms with Crippen molar-refractivity contribution in [1.29, 1.82) is 0 Å². The van der Waals surface area contributed by atoms with E-state index < -0.39 is 18.0 Å². The highest BCUT2D eigenvalue weighted by molar-refractivity contribution is 6.30. The monoisotopic (exact) mass is 522 g/mol. The molecule has 0 radical (unpaired) electrons. The lowest BCUT2D eigenvalue weighted by molar-refractivity contribution is -0.141. The van der Waals surface area contributed by atoms with Crippen molar-refractivity contribution < 1.29 is 19.1 Å². The summed E-state index contributed by atoms with van der Waals surface area (Å²) < 4.78 is 6.99. The van der Waals surface area contributed by atoms with Crippen LogP contribution < -0.4 is 10.2 Å². The number of nitrogens with one attached hydrogen (secondary N) is 1. The van der Waals surface area contributed by atoms with Crippen molar-refractivity contribution in [1.82, 2.24) is 14.8 Å². The number of para-hydroxylation sites is 2. The maximum Gasteiger partial charge on any atom is 0.325 e. The van der Waals surface area contributed by atoms with E-state index in [4.69, 9.17) is 16.3 Å². The fraction of sp³-hybridized carbons (Fsp3) is 0.321. The van der Waals surface area contributed by atoms with Crippen LogP contribution in [0.4, 0.5) is 10.5 Å². The minimum atomic E-state index is -0.522. The predicted molar refractivity (Wildman–Crippen MR) is 143 cm³/mol. The van der Waals surface area contributed by atoms with Crippen molar-refractivity contribution in [2.45, 2.75) is 32.7 Å². The van der Waals surface area contributed by atoms with Crippen molar-refractivity contribution in [2.24, 2.45) is 0 Å². The van der Waals surface area contributed by atoms with Crippen LogP contribution in [0.1, 0.15) is 44.0 Å². The molecular formula is C28H31ClN4O4. The van der Waals surface area contributed by atoms with Gasteiger partial charge in [-0.2, -0.15) is 0 Å². The molecule has 1 N–H and O–H groups in total. The van der Waals surface area contributed by atoms with Gasteiger partial charge in [0.15, 0.2) is 0 Å². The molecule has 1 atom stereocenters. The van der Waals surface area contributed by atoms with E-state index in [1.54, 1.807) is 11.8 Å². The van der Waals surface area contributed by atoms with Gasteiger partial charge in [-0.3, -0.25) is 14.5 Å². The molecule has 0 fully saturated rings. The third-order valence-electron chi connectivity index (χ3n) is 6.26. The SMILES string of the molecule is CCCCN(CC(=O)N1c2ccccc2-n2cccc2C1c1ccc(Cl)cc1)C(=O)NCC(=O)OCC. The molecule has 1 unspecified atom stereocenters. The number of ether oxygens (including phenoxy) is 1. The number of carbonyl (C=O) groups excluding carboxylic acids is 3. The Balaban J connectivity index is 1.67. The Labute approximate surface area is 221 Å². The first-order chi connectivity index (χ1) is 17.9. The van der Waals surface area contributed by atoms with Crippen LogP contribution in [-0.4, -0.2) is 53.6 Å². The molecule has 8 nitrogen and oxygen atoms in total. The summed E-state index contributed by atoms with van der Waals surface area (Å²) in [7, 11) is 0. The molecule has 0 aliphatic carbocycles. The number of unbranched alkanes of at least 4 members (excludes halogenated alkanes) is 1. The summed E-state index contributed by atoms with van der Waals surface area (Å²) in [4.78, 5) is 42.0. The van der Waals surface area contributed by atoms with Crippen LogP contribution in [0.3, 0.4) is 0 Å². The number of urea groups is 1. The van der Waals surface area contributed by atoms with E-state index in [1.165, 1.54) is 4.90 Å². The summed E-state index contributed by atoms with van der Waals surface area (Å²) in [6.07, 6.45) is 3.55. The number of amides is 3. The van der Waals surface area contributed by atoms with Crippen LogP contribution in [0.25, 0.3) is 5.69 Å². The van der Waals surface area contributed by atoms with Crippen LogP contribution >= 0.6 is 11.6 Å². The van der Waals surface area contributed by atoms with E-state index in [1.807, 2.05) is 73.8 Å². The molecule has 0 bridgehead atoms. The number of nitrogens with zero attached hydrogens (tertiary/aromatic N) is 3. The number of anilines is 1. The largest absolute Gasteiger partial charge is 0.465 e. The lowest BCUT2D eigenvalue weighted by Gasteiger charge is -2.39. The number of hydrogen-bond acceptors (Lipinski definition) is 4. The number of fused-ring (bicyclic) bond motifs is 3. The summed E-state index contributed by atoms with van der Waals surface area (Å²) in [6, 6.07) is 18.2. The van der Waals surface area contributed by atoms with Gasteiger partial charge in [0.2, 0.25) is 5.91 Å². The van der Waals surface area contributed by atoms with E-state index in [2.05, 4.69) is 9.88 Å². The maximum absolute atomic E-state index is 14.0. The van der Waals surface area contributed by atoms with E-state index in [0.29, 0.717) is 11.6 Å². The molecule has 3 aromatic rings. The molecule has 2 heterocycles. The Morgan fingerprint density at radius 2 is 1.73 bits per heavy atom. The van der Waals surface area contributed by atoms with Gasteiger partial charge in [0.05, 0.1) is 23.7 Å². The number of hydrogen-bond donors (Lipinski definition) is 1. The van der Waals surface area contributed by atoms with Crippen LogP contribution in [0.5, 0.6) is 0 Å². The maximum atomic E-state index is 14.0. The van der Waals surface area contributed by atoms with Gasteiger partial charge in [-0.25, -0.2) is 4.79 Å². The molecule has 0 saturated carbocycles. The third-order valence-corrected chi connectivity index (χ3v) is 6.51. The first kappa shape index (κ1) is 26.3. The summed E-state index contributed by atoms with van der Waals surface area (Å²) in [5.74, 6) is -0.756. The Kier molecular flexibility index (Phi) is 8.50. The first-order valence-corrected chi connectivity index (χ1v) is 12.8.